The average Bonchev–Trinajstić information content (AvgIpc) is 2.97. The van der Waals surface area contributed by atoms with E-state index in [4.69, 9.17) is 15.0 Å². The van der Waals surface area contributed by atoms with Gasteiger partial charge in [-0.2, -0.15) is 0 Å². The number of nitrogens with one attached hydrogen (secondary N) is 1. The highest BCUT2D eigenvalue weighted by atomic mass is 19.1. The number of nitrogens with two attached hydrogens (primary N) is 1. The predicted molar refractivity (Wildman–Crippen MR) is 69.8 cm³/mol. The van der Waals surface area contributed by atoms with Crippen molar-refractivity contribution in [2.24, 2.45) is 11.8 Å². The Balaban J connectivity index is 1.96. The topological polar surface area (TPSA) is 60.4 Å². The van der Waals surface area contributed by atoms with Gasteiger partial charge in [-0.05, 0) is 37.6 Å². The summed E-state index contributed by atoms with van der Waals surface area (Å²) in [4.78, 5) is 0. The molecule has 1 saturated heterocycles. The molecule has 3 unspecified atom stereocenters. The van der Waals surface area contributed by atoms with Crippen LogP contribution in [0.2, 0.25) is 0 Å². The lowest BCUT2D eigenvalue weighted by Gasteiger charge is -2.23. The van der Waals surface area contributed by atoms with Gasteiger partial charge in [0.15, 0.2) is 0 Å². The zero-order valence-corrected chi connectivity index (χ0v) is 10.7. The van der Waals surface area contributed by atoms with E-state index >= 15 is 0 Å². The Hall–Kier alpha value is -1.43. The molecule has 0 aliphatic carbocycles. The van der Waals surface area contributed by atoms with Crippen LogP contribution in [0.15, 0.2) is 28.7 Å². The number of ether oxygens (including phenoxy) is 1. The van der Waals surface area contributed by atoms with Gasteiger partial charge < -0.3 is 9.15 Å². The third kappa shape index (κ3) is 2.25. The van der Waals surface area contributed by atoms with Crippen LogP contribution in [0.25, 0.3) is 11.0 Å². The molecule has 3 N–H and O–H groups in total. The first kappa shape index (κ1) is 12.6. The first-order chi connectivity index (χ1) is 9.19. The van der Waals surface area contributed by atoms with Gasteiger partial charge in [0.05, 0.1) is 12.1 Å². The first-order valence-corrected chi connectivity index (χ1v) is 6.46. The summed E-state index contributed by atoms with van der Waals surface area (Å²) in [5.41, 5.74) is 3.47. The van der Waals surface area contributed by atoms with Crippen LogP contribution >= 0.6 is 0 Å². The summed E-state index contributed by atoms with van der Waals surface area (Å²) >= 11 is 0. The van der Waals surface area contributed by atoms with E-state index in [1.54, 1.807) is 6.07 Å². The van der Waals surface area contributed by atoms with Crippen molar-refractivity contribution in [3.05, 3.63) is 35.8 Å². The minimum atomic E-state index is -0.269. The van der Waals surface area contributed by atoms with Gasteiger partial charge in [0, 0.05) is 17.9 Å². The van der Waals surface area contributed by atoms with E-state index in [9.17, 15) is 4.39 Å². The molecule has 0 radical (unpaired) electrons. The van der Waals surface area contributed by atoms with Gasteiger partial charge in [-0.15, -0.1) is 0 Å². The van der Waals surface area contributed by atoms with Crippen molar-refractivity contribution in [2.75, 3.05) is 6.61 Å². The molecule has 0 saturated carbocycles. The highest BCUT2D eigenvalue weighted by Crippen LogP contribution is 2.35. The van der Waals surface area contributed by atoms with Crippen LogP contribution in [0.3, 0.4) is 0 Å². The largest absolute Gasteiger partial charge is 0.459 e. The number of halogens is 1. The Kier molecular flexibility index (Phi) is 3.26. The van der Waals surface area contributed by atoms with Gasteiger partial charge in [-0.25, -0.2) is 9.82 Å². The summed E-state index contributed by atoms with van der Waals surface area (Å²) in [5, 5.41) is 0.752. The third-order valence-corrected chi connectivity index (χ3v) is 3.85. The molecule has 1 fully saturated rings. The van der Waals surface area contributed by atoms with Crippen molar-refractivity contribution < 1.29 is 13.5 Å². The summed E-state index contributed by atoms with van der Waals surface area (Å²) in [6.45, 7) is 2.77. The van der Waals surface area contributed by atoms with Crippen LogP contribution in [-0.2, 0) is 4.74 Å². The first-order valence-electron chi connectivity index (χ1n) is 6.46. The van der Waals surface area contributed by atoms with Crippen LogP contribution < -0.4 is 11.3 Å². The van der Waals surface area contributed by atoms with E-state index in [1.165, 1.54) is 12.1 Å². The number of hydrogen-bond donors (Lipinski definition) is 2. The second kappa shape index (κ2) is 4.92. The monoisotopic (exact) mass is 264 g/mol. The predicted octanol–water partition coefficient (Wildman–Crippen LogP) is 2.50. The lowest BCUT2D eigenvalue weighted by Crippen LogP contribution is -2.35. The van der Waals surface area contributed by atoms with Crippen LogP contribution in [0, 0.1) is 11.7 Å². The van der Waals surface area contributed by atoms with Crippen molar-refractivity contribution in [3.8, 4) is 0 Å². The van der Waals surface area contributed by atoms with Gasteiger partial charge in [0.2, 0.25) is 0 Å². The van der Waals surface area contributed by atoms with Crippen LogP contribution in [-0.4, -0.2) is 12.7 Å². The molecular weight excluding hydrogens is 247 g/mol. The fourth-order valence-electron chi connectivity index (χ4n) is 2.79. The molecule has 1 aromatic carbocycles. The molecule has 0 amide bonds. The maximum absolute atomic E-state index is 13.2. The van der Waals surface area contributed by atoms with Gasteiger partial charge in [0.1, 0.15) is 17.2 Å². The van der Waals surface area contributed by atoms with E-state index in [1.807, 2.05) is 13.0 Å². The van der Waals surface area contributed by atoms with Crippen LogP contribution in [0.4, 0.5) is 4.39 Å². The van der Waals surface area contributed by atoms with Gasteiger partial charge in [0.25, 0.3) is 0 Å². The number of benzene rings is 1. The lowest BCUT2D eigenvalue weighted by molar-refractivity contribution is 0.0927. The van der Waals surface area contributed by atoms with E-state index in [-0.39, 0.29) is 23.9 Å². The van der Waals surface area contributed by atoms with Gasteiger partial charge >= 0.3 is 0 Å². The average molecular weight is 264 g/mol. The fourth-order valence-corrected chi connectivity index (χ4v) is 2.79. The minimum absolute atomic E-state index is 0.118. The molecular formula is C14H17FN2O2. The highest BCUT2D eigenvalue weighted by molar-refractivity contribution is 5.78. The van der Waals surface area contributed by atoms with E-state index < -0.39 is 0 Å². The molecule has 1 aliphatic heterocycles. The van der Waals surface area contributed by atoms with Crippen molar-refractivity contribution in [1.82, 2.24) is 5.43 Å². The molecule has 3 atom stereocenters. The lowest BCUT2D eigenvalue weighted by atomic mass is 9.92. The second-order valence-corrected chi connectivity index (χ2v) is 5.00. The minimum Gasteiger partial charge on any atom is -0.459 e. The Morgan fingerprint density at radius 1 is 1.42 bits per heavy atom. The van der Waals surface area contributed by atoms with Crippen molar-refractivity contribution in [2.45, 2.75) is 25.5 Å². The third-order valence-electron chi connectivity index (χ3n) is 3.85. The van der Waals surface area contributed by atoms with Crippen LogP contribution in [0.1, 0.15) is 25.1 Å². The zero-order valence-electron chi connectivity index (χ0n) is 10.7. The quantitative estimate of drug-likeness (QED) is 0.660. The number of hydrogen-bond acceptors (Lipinski definition) is 4. The Labute approximate surface area is 110 Å². The maximum atomic E-state index is 13.2. The molecule has 5 heteroatoms. The summed E-state index contributed by atoms with van der Waals surface area (Å²) in [5.74, 6) is 6.38. The van der Waals surface area contributed by atoms with Gasteiger partial charge in [-0.1, -0.05) is 0 Å². The standard InChI is InChI=1S/C14H17FN2O2/c1-8-11(4-5-18-8)14(17-16)13-7-9-6-10(15)2-3-12(9)19-13/h2-3,6-8,11,14,17H,4-5,16H2,1H3. The summed E-state index contributed by atoms with van der Waals surface area (Å²) in [6, 6.07) is 6.21. The molecule has 0 bridgehead atoms. The highest BCUT2D eigenvalue weighted by Gasteiger charge is 2.34. The second-order valence-electron chi connectivity index (χ2n) is 5.00. The van der Waals surface area contributed by atoms with Crippen molar-refractivity contribution in [3.63, 3.8) is 0 Å². The Bertz CT molecular complexity index is 584. The zero-order chi connectivity index (χ0) is 13.4. The van der Waals surface area contributed by atoms with Crippen molar-refractivity contribution in [1.29, 1.82) is 0 Å². The SMILES string of the molecule is CC1OCCC1C(NN)c1cc2cc(F)ccc2o1. The molecule has 19 heavy (non-hydrogen) atoms. The van der Waals surface area contributed by atoms with E-state index in [0.29, 0.717) is 5.58 Å². The van der Waals surface area contributed by atoms with Crippen molar-refractivity contribution >= 4 is 11.0 Å². The molecule has 1 aromatic heterocycles. The van der Waals surface area contributed by atoms with E-state index in [0.717, 1.165) is 24.2 Å². The summed E-state index contributed by atoms with van der Waals surface area (Å²) < 4.78 is 24.5. The number of furan rings is 1. The number of rotatable bonds is 3. The molecule has 2 aromatic rings. The molecule has 0 spiro atoms. The normalized spacial score (nSPS) is 25.0. The van der Waals surface area contributed by atoms with Gasteiger partial charge in [-0.3, -0.25) is 5.84 Å². The molecule has 3 rings (SSSR count). The molecule has 102 valence electrons. The molecule has 1 aliphatic rings. The summed E-state index contributed by atoms with van der Waals surface area (Å²) in [7, 11) is 0. The smallest absolute Gasteiger partial charge is 0.134 e. The van der Waals surface area contributed by atoms with Crippen LogP contribution in [0.5, 0.6) is 0 Å². The number of hydrazine groups is 1. The fraction of sp³-hybridized carbons (Fsp3) is 0.429. The Morgan fingerprint density at radius 3 is 2.95 bits per heavy atom. The molecule has 4 nitrogen and oxygen atoms in total. The van der Waals surface area contributed by atoms with E-state index in [2.05, 4.69) is 5.43 Å². The number of fused-ring (bicyclic) bond motifs is 1. The maximum Gasteiger partial charge on any atom is 0.134 e. The summed E-state index contributed by atoms with van der Waals surface area (Å²) in [6.07, 6.45) is 1.06. The molecule has 2 heterocycles. The Morgan fingerprint density at radius 2 is 2.26 bits per heavy atom.